The van der Waals surface area contributed by atoms with Crippen molar-refractivity contribution < 1.29 is 0 Å². The van der Waals surface area contributed by atoms with Crippen LogP contribution in [0.2, 0.25) is 0 Å². The molecule has 2 heteroatoms. The largest absolute Gasteiger partial charge is 0.313 e. The lowest BCUT2D eigenvalue weighted by atomic mass is 10.1. The van der Waals surface area contributed by atoms with E-state index in [2.05, 4.69) is 17.1 Å². The molecular weight excluding hydrogens is 190 g/mol. The second-order valence-corrected chi connectivity index (χ2v) is 5.91. The molecule has 2 rings (SSSR count). The number of piperidine rings is 1. The van der Waals surface area contributed by atoms with Crippen LogP contribution in [0.15, 0.2) is 0 Å². The fraction of sp³-hybridized carbons (Fsp3) is 1.00. The van der Waals surface area contributed by atoms with Gasteiger partial charge in [-0.3, -0.25) is 0 Å². The van der Waals surface area contributed by atoms with E-state index in [1.807, 2.05) is 0 Å². The van der Waals surface area contributed by atoms with E-state index in [1.54, 1.807) is 0 Å². The van der Waals surface area contributed by atoms with Crippen molar-refractivity contribution in [2.75, 3.05) is 18.1 Å². The van der Waals surface area contributed by atoms with E-state index in [-0.39, 0.29) is 0 Å². The van der Waals surface area contributed by atoms with E-state index in [9.17, 15) is 0 Å². The first-order valence-corrected chi connectivity index (χ1v) is 7.42. The van der Waals surface area contributed by atoms with Crippen LogP contribution in [0.5, 0.6) is 0 Å². The minimum atomic E-state index is 0.829. The predicted octanol–water partition coefficient (Wildman–Crippen LogP) is 3.05. The number of nitrogens with one attached hydrogen (secondary N) is 1. The summed E-state index contributed by atoms with van der Waals surface area (Å²) in [6.45, 7) is 1.26. The molecule has 0 aromatic rings. The molecule has 2 fully saturated rings. The SMILES string of the molecule is C1CCC(CSCC2CCCC2)NC1. The Hall–Kier alpha value is 0.310. The first kappa shape index (κ1) is 10.8. The first-order valence-electron chi connectivity index (χ1n) is 6.26. The van der Waals surface area contributed by atoms with Gasteiger partial charge in [0, 0.05) is 11.8 Å². The molecule has 1 saturated carbocycles. The van der Waals surface area contributed by atoms with Gasteiger partial charge in [0.1, 0.15) is 0 Å². The maximum Gasteiger partial charge on any atom is 0.0158 e. The minimum Gasteiger partial charge on any atom is -0.313 e. The molecule has 0 amide bonds. The van der Waals surface area contributed by atoms with E-state index in [0.29, 0.717) is 0 Å². The van der Waals surface area contributed by atoms with Gasteiger partial charge in [-0.2, -0.15) is 11.8 Å². The zero-order valence-corrected chi connectivity index (χ0v) is 9.95. The van der Waals surface area contributed by atoms with Gasteiger partial charge in [0.2, 0.25) is 0 Å². The Morgan fingerprint density at radius 3 is 2.43 bits per heavy atom. The van der Waals surface area contributed by atoms with Gasteiger partial charge in [0.15, 0.2) is 0 Å². The van der Waals surface area contributed by atoms with Gasteiger partial charge >= 0.3 is 0 Å². The topological polar surface area (TPSA) is 12.0 Å². The monoisotopic (exact) mass is 213 g/mol. The Balaban J connectivity index is 1.52. The van der Waals surface area contributed by atoms with Crippen LogP contribution < -0.4 is 5.32 Å². The normalized spacial score (nSPS) is 29.6. The van der Waals surface area contributed by atoms with E-state index in [0.717, 1.165) is 12.0 Å². The summed E-state index contributed by atoms with van der Waals surface area (Å²) >= 11 is 2.19. The molecule has 1 unspecified atom stereocenters. The zero-order chi connectivity index (χ0) is 9.64. The van der Waals surface area contributed by atoms with Crippen LogP contribution in [-0.2, 0) is 0 Å². The summed E-state index contributed by atoms with van der Waals surface area (Å²) in [5.41, 5.74) is 0. The van der Waals surface area contributed by atoms with Crippen LogP contribution in [0.4, 0.5) is 0 Å². The second kappa shape index (κ2) is 6.02. The van der Waals surface area contributed by atoms with Crippen LogP contribution in [0.3, 0.4) is 0 Å². The molecule has 14 heavy (non-hydrogen) atoms. The standard InChI is InChI=1S/C12H23NS/c1-2-6-11(5-1)9-14-10-12-7-3-4-8-13-12/h11-13H,1-10H2. The Bertz CT molecular complexity index is 148. The Kier molecular flexibility index (Phi) is 4.65. The van der Waals surface area contributed by atoms with Crippen LogP contribution in [-0.4, -0.2) is 24.1 Å². The van der Waals surface area contributed by atoms with Gasteiger partial charge in [0.25, 0.3) is 0 Å². The van der Waals surface area contributed by atoms with Gasteiger partial charge in [0.05, 0.1) is 0 Å². The number of hydrogen-bond donors (Lipinski definition) is 1. The lowest BCUT2D eigenvalue weighted by Crippen LogP contribution is -2.35. The summed E-state index contributed by atoms with van der Waals surface area (Å²) in [6.07, 6.45) is 10.2. The highest BCUT2D eigenvalue weighted by molar-refractivity contribution is 7.99. The van der Waals surface area contributed by atoms with Gasteiger partial charge in [-0.25, -0.2) is 0 Å². The van der Waals surface area contributed by atoms with Crippen LogP contribution in [0, 0.1) is 5.92 Å². The summed E-state index contributed by atoms with van der Waals surface area (Å²) in [6, 6.07) is 0.829. The van der Waals surface area contributed by atoms with Gasteiger partial charge in [-0.15, -0.1) is 0 Å². The summed E-state index contributed by atoms with van der Waals surface area (Å²) in [5, 5.41) is 3.62. The van der Waals surface area contributed by atoms with Crippen molar-refractivity contribution in [2.45, 2.75) is 51.0 Å². The fourth-order valence-corrected chi connectivity index (χ4v) is 3.99. The van der Waals surface area contributed by atoms with Crippen molar-refractivity contribution in [3.8, 4) is 0 Å². The smallest absolute Gasteiger partial charge is 0.0158 e. The molecule has 1 nitrogen and oxygen atoms in total. The van der Waals surface area contributed by atoms with Crippen molar-refractivity contribution in [3.63, 3.8) is 0 Å². The highest BCUT2D eigenvalue weighted by Crippen LogP contribution is 2.28. The molecular formula is C12H23NS. The number of thioether (sulfide) groups is 1. The van der Waals surface area contributed by atoms with E-state index >= 15 is 0 Å². The minimum absolute atomic E-state index is 0.829. The summed E-state index contributed by atoms with van der Waals surface area (Å²) in [5.74, 6) is 3.85. The van der Waals surface area contributed by atoms with Gasteiger partial charge in [-0.05, 0) is 43.9 Å². The molecule has 1 N–H and O–H groups in total. The van der Waals surface area contributed by atoms with Crippen molar-refractivity contribution in [2.24, 2.45) is 5.92 Å². The van der Waals surface area contributed by atoms with Crippen molar-refractivity contribution >= 4 is 11.8 Å². The summed E-state index contributed by atoms with van der Waals surface area (Å²) < 4.78 is 0. The number of hydrogen-bond acceptors (Lipinski definition) is 2. The quantitative estimate of drug-likeness (QED) is 0.770. The molecule has 82 valence electrons. The molecule has 0 bridgehead atoms. The second-order valence-electron chi connectivity index (χ2n) is 4.83. The average molecular weight is 213 g/mol. The highest BCUT2D eigenvalue weighted by atomic mass is 32.2. The van der Waals surface area contributed by atoms with Crippen molar-refractivity contribution in [3.05, 3.63) is 0 Å². The number of rotatable bonds is 4. The molecule has 1 atom stereocenters. The van der Waals surface area contributed by atoms with Crippen molar-refractivity contribution in [1.82, 2.24) is 5.32 Å². The third-order valence-electron chi connectivity index (χ3n) is 3.56. The summed E-state index contributed by atoms with van der Waals surface area (Å²) in [7, 11) is 0. The highest BCUT2D eigenvalue weighted by Gasteiger charge is 2.16. The average Bonchev–Trinajstić information content (AvgIpc) is 2.72. The zero-order valence-electron chi connectivity index (χ0n) is 9.13. The molecule has 1 aliphatic carbocycles. The first-order chi connectivity index (χ1) is 6.95. The predicted molar refractivity (Wildman–Crippen MR) is 64.9 cm³/mol. The Labute approximate surface area is 92.4 Å². The molecule has 1 saturated heterocycles. The molecule has 2 aliphatic rings. The molecule has 0 aromatic carbocycles. The van der Waals surface area contributed by atoms with Gasteiger partial charge < -0.3 is 5.32 Å². The third-order valence-corrected chi connectivity index (χ3v) is 4.90. The molecule has 1 aliphatic heterocycles. The van der Waals surface area contributed by atoms with E-state index in [4.69, 9.17) is 0 Å². The van der Waals surface area contributed by atoms with Crippen molar-refractivity contribution in [1.29, 1.82) is 0 Å². The van der Waals surface area contributed by atoms with E-state index in [1.165, 1.54) is 63.0 Å². The molecule has 0 radical (unpaired) electrons. The maximum atomic E-state index is 3.62. The van der Waals surface area contributed by atoms with Gasteiger partial charge in [-0.1, -0.05) is 19.3 Å². The Morgan fingerprint density at radius 1 is 0.929 bits per heavy atom. The van der Waals surface area contributed by atoms with Crippen LogP contribution >= 0.6 is 11.8 Å². The molecule has 0 aromatic heterocycles. The third kappa shape index (κ3) is 3.47. The molecule has 0 spiro atoms. The lowest BCUT2D eigenvalue weighted by molar-refractivity contribution is 0.429. The fourth-order valence-electron chi connectivity index (χ4n) is 2.62. The maximum absolute atomic E-state index is 3.62. The Morgan fingerprint density at radius 2 is 1.71 bits per heavy atom. The lowest BCUT2D eigenvalue weighted by Gasteiger charge is -2.23. The summed E-state index contributed by atoms with van der Waals surface area (Å²) in [4.78, 5) is 0. The van der Waals surface area contributed by atoms with Crippen LogP contribution in [0.25, 0.3) is 0 Å². The van der Waals surface area contributed by atoms with Crippen LogP contribution in [0.1, 0.15) is 44.9 Å². The van der Waals surface area contributed by atoms with E-state index < -0.39 is 0 Å². The molecule has 1 heterocycles.